The molecule has 2 N–H and O–H groups in total. The van der Waals surface area contributed by atoms with Crippen LogP contribution >= 0.6 is 0 Å². The maximum atomic E-state index is 13.8. The van der Waals surface area contributed by atoms with Crippen molar-refractivity contribution in [2.45, 2.75) is 45.3 Å². The van der Waals surface area contributed by atoms with Crippen LogP contribution in [-0.2, 0) is 6.54 Å². The Bertz CT molecular complexity index is 1160. The van der Waals surface area contributed by atoms with Gasteiger partial charge in [0.2, 0.25) is 5.43 Å². The van der Waals surface area contributed by atoms with Crippen LogP contribution in [0, 0.1) is 23.4 Å². The van der Waals surface area contributed by atoms with Crippen molar-refractivity contribution in [1.82, 2.24) is 14.8 Å². The summed E-state index contributed by atoms with van der Waals surface area (Å²) in [6.45, 7) is 3.65. The van der Waals surface area contributed by atoms with Crippen LogP contribution in [-0.4, -0.2) is 39.0 Å². The van der Waals surface area contributed by atoms with E-state index in [-0.39, 0.29) is 23.7 Å². The van der Waals surface area contributed by atoms with E-state index >= 15 is 0 Å². The molecule has 2 aromatic rings. The topological polar surface area (TPSA) is 91.6 Å². The SMILES string of the molecule is C[C@@H]1CC[C@H](C)N2C[C@H]1n1cc(C(=O)NCc3c(F)cc(F)cc3F)c(=O)c(O)c1C2=O. The fourth-order valence-corrected chi connectivity index (χ4v) is 4.45. The fraction of sp³-hybridized carbons (Fsp3) is 0.409. The molecule has 32 heavy (non-hydrogen) atoms. The van der Waals surface area contributed by atoms with Gasteiger partial charge in [0.15, 0.2) is 11.4 Å². The van der Waals surface area contributed by atoms with Gasteiger partial charge in [0.25, 0.3) is 11.8 Å². The molecule has 1 saturated heterocycles. The molecule has 0 saturated carbocycles. The van der Waals surface area contributed by atoms with Crippen molar-refractivity contribution in [3.8, 4) is 5.75 Å². The van der Waals surface area contributed by atoms with E-state index in [1.807, 2.05) is 13.8 Å². The van der Waals surface area contributed by atoms with Crippen molar-refractivity contribution in [3.63, 3.8) is 0 Å². The van der Waals surface area contributed by atoms with Crippen molar-refractivity contribution >= 4 is 11.8 Å². The van der Waals surface area contributed by atoms with Gasteiger partial charge in [-0.2, -0.15) is 0 Å². The Morgan fingerprint density at radius 1 is 1.16 bits per heavy atom. The summed E-state index contributed by atoms with van der Waals surface area (Å²) in [7, 11) is 0. The van der Waals surface area contributed by atoms with E-state index in [2.05, 4.69) is 5.32 Å². The first kappa shape index (κ1) is 21.9. The third kappa shape index (κ3) is 3.53. The van der Waals surface area contributed by atoms with Gasteiger partial charge in [-0.15, -0.1) is 0 Å². The molecule has 2 aliphatic rings. The second-order valence-electron chi connectivity index (χ2n) is 8.44. The van der Waals surface area contributed by atoms with Crippen LogP contribution in [0.15, 0.2) is 23.1 Å². The number of benzene rings is 1. The molecule has 1 fully saturated rings. The Labute approximate surface area is 181 Å². The predicted molar refractivity (Wildman–Crippen MR) is 108 cm³/mol. The minimum absolute atomic E-state index is 0.0540. The van der Waals surface area contributed by atoms with Gasteiger partial charge in [-0.3, -0.25) is 14.4 Å². The molecular weight excluding hydrogens is 427 g/mol. The number of fused-ring (bicyclic) bond motifs is 4. The molecule has 1 aromatic heterocycles. The van der Waals surface area contributed by atoms with Crippen LogP contribution in [0.5, 0.6) is 5.75 Å². The fourth-order valence-electron chi connectivity index (χ4n) is 4.45. The van der Waals surface area contributed by atoms with E-state index in [4.69, 9.17) is 0 Å². The minimum Gasteiger partial charge on any atom is -0.503 e. The zero-order valence-electron chi connectivity index (χ0n) is 17.5. The number of amides is 2. The lowest BCUT2D eigenvalue weighted by Gasteiger charge is -2.38. The van der Waals surface area contributed by atoms with Crippen molar-refractivity contribution in [2.24, 2.45) is 5.92 Å². The number of hydrogen-bond acceptors (Lipinski definition) is 4. The molecular formula is C22H22F3N3O4. The standard InChI is InChI=1S/C22H22F3N3O4/c1-10-3-4-11(2)27-9-17(10)28-8-14(19(29)20(30)18(28)22(27)32)21(31)26-7-13-15(24)5-12(23)6-16(13)25/h5-6,8,10-11,17,30H,3-4,7,9H2,1-2H3,(H,26,31)/t10-,11+,17-/m1/s1. The molecule has 2 amide bonds. The highest BCUT2D eigenvalue weighted by Gasteiger charge is 2.41. The van der Waals surface area contributed by atoms with Gasteiger partial charge < -0.3 is 19.9 Å². The average Bonchev–Trinajstić information content (AvgIpc) is 2.85. The van der Waals surface area contributed by atoms with Gasteiger partial charge in [-0.1, -0.05) is 6.92 Å². The maximum absolute atomic E-state index is 13.8. The van der Waals surface area contributed by atoms with Crippen molar-refractivity contribution in [1.29, 1.82) is 0 Å². The Hall–Kier alpha value is -3.30. The molecule has 2 aliphatic heterocycles. The summed E-state index contributed by atoms with van der Waals surface area (Å²) in [4.78, 5) is 40.0. The molecule has 0 unspecified atom stereocenters. The van der Waals surface area contributed by atoms with Crippen LogP contribution < -0.4 is 10.7 Å². The highest BCUT2D eigenvalue weighted by atomic mass is 19.1. The first-order chi connectivity index (χ1) is 15.1. The number of carbonyl (C=O) groups excluding carboxylic acids is 2. The molecule has 3 atom stereocenters. The molecule has 10 heteroatoms. The molecule has 3 heterocycles. The van der Waals surface area contributed by atoms with Crippen LogP contribution in [0.2, 0.25) is 0 Å². The van der Waals surface area contributed by atoms with Gasteiger partial charge >= 0.3 is 0 Å². The number of hydrogen-bond donors (Lipinski definition) is 2. The Balaban J connectivity index is 1.70. The van der Waals surface area contributed by atoms with E-state index in [0.29, 0.717) is 18.7 Å². The molecule has 1 aromatic carbocycles. The van der Waals surface area contributed by atoms with Gasteiger partial charge in [-0.25, -0.2) is 13.2 Å². The van der Waals surface area contributed by atoms with Gasteiger partial charge in [0, 0.05) is 43.0 Å². The maximum Gasteiger partial charge on any atom is 0.274 e. The molecule has 0 radical (unpaired) electrons. The number of nitrogens with one attached hydrogen (secondary N) is 1. The van der Waals surface area contributed by atoms with E-state index in [1.165, 1.54) is 10.8 Å². The normalized spacial score (nSPS) is 22.3. The molecule has 0 aliphatic carbocycles. The predicted octanol–water partition coefficient (Wildman–Crippen LogP) is 2.72. The Morgan fingerprint density at radius 3 is 2.47 bits per heavy atom. The number of carbonyl (C=O) groups is 2. The lowest BCUT2D eigenvalue weighted by molar-refractivity contribution is 0.0591. The summed E-state index contributed by atoms with van der Waals surface area (Å²) in [5.74, 6) is -5.65. The quantitative estimate of drug-likeness (QED) is 0.754. The van der Waals surface area contributed by atoms with Crippen LogP contribution in [0.1, 0.15) is 59.1 Å². The first-order valence-corrected chi connectivity index (χ1v) is 10.3. The van der Waals surface area contributed by atoms with Crippen molar-refractivity contribution in [3.05, 3.63) is 62.8 Å². The van der Waals surface area contributed by atoms with Crippen LogP contribution in [0.3, 0.4) is 0 Å². The highest BCUT2D eigenvalue weighted by Crippen LogP contribution is 2.37. The number of halogens is 3. The third-order valence-electron chi connectivity index (χ3n) is 6.42. The molecule has 7 nitrogen and oxygen atoms in total. The third-order valence-corrected chi connectivity index (χ3v) is 6.42. The number of nitrogens with zero attached hydrogens (tertiary/aromatic N) is 2. The molecule has 2 bridgehead atoms. The molecule has 170 valence electrons. The number of aromatic nitrogens is 1. The van der Waals surface area contributed by atoms with Crippen molar-refractivity contribution < 1.29 is 27.9 Å². The Kier molecular flexibility index (Phi) is 5.47. The zero-order valence-corrected chi connectivity index (χ0v) is 17.5. The summed E-state index contributed by atoms with van der Waals surface area (Å²) >= 11 is 0. The lowest BCUT2D eigenvalue weighted by atomic mass is 9.95. The average molecular weight is 449 g/mol. The van der Waals surface area contributed by atoms with E-state index in [0.717, 1.165) is 12.8 Å². The van der Waals surface area contributed by atoms with E-state index in [9.17, 15) is 32.7 Å². The summed E-state index contributed by atoms with van der Waals surface area (Å²) in [5.41, 5.74) is -2.25. The summed E-state index contributed by atoms with van der Waals surface area (Å²) in [5, 5.41) is 12.8. The minimum atomic E-state index is -1.18. The summed E-state index contributed by atoms with van der Waals surface area (Å²) in [6, 6.07) is 0.658. The number of aromatic hydroxyl groups is 1. The smallest absolute Gasteiger partial charge is 0.274 e. The van der Waals surface area contributed by atoms with Gasteiger partial charge in [0.1, 0.15) is 23.0 Å². The van der Waals surface area contributed by atoms with Gasteiger partial charge in [-0.05, 0) is 25.7 Å². The zero-order chi connectivity index (χ0) is 23.3. The number of rotatable bonds is 3. The van der Waals surface area contributed by atoms with E-state index in [1.54, 1.807) is 4.90 Å². The van der Waals surface area contributed by atoms with Gasteiger partial charge in [0.05, 0.1) is 6.04 Å². The highest BCUT2D eigenvalue weighted by molar-refractivity contribution is 5.99. The van der Waals surface area contributed by atoms with Crippen LogP contribution in [0.25, 0.3) is 0 Å². The van der Waals surface area contributed by atoms with Crippen LogP contribution in [0.4, 0.5) is 13.2 Å². The number of pyridine rings is 1. The summed E-state index contributed by atoms with van der Waals surface area (Å²) in [6.07, 6.45) is 2.80. The molecule has 4 rings (SSSR count). The monoisotopic (exact) mass is 449 g/mol. The second-order valence-corrected chi connectivity index (χ2v) is 8.44. The summed E-state index contributed by atoms with van der Waals surface area (Å²) < 4.78 is 42.2. The van der Waals surface area contributed by atoms with Crippen molar-refractivity contribution in [2.75, 3.05) is 6.54 Å². The Morgan fingerprint density at radius 2 is 1.81 bits per heavy atom. The first-order valence-electron chi connectivity index (χ1n) is 10.3. The van der Waals surface area contributed by atoms with E-state index < -0.39 is 58.1 Å². The second kappa shape index (κ2) is 7.99. The lowest BCUT2D eigenvalue weighted by Crippen LogP contribution is -2.48. The molecule has 0 spiro atoms. The largest absolute Gasteiger partial charge is 0.503 e.